The summed E-state index contributed by atoms with van der Waals surface area (Å²) in [6.45, 7) is 0. The van der Waals surface area contributed by atoms with Gasteiger partial charge in [-0.3, -0.25) is 0 Å². The zero-order valence-corrected chi connectivity index (χ0v) is 9.45. The molecule has 0 atom stereocenters. The number of nitrogen functional groups attached to an aromatic ring is 1. The van der Waals surface area contributed by atoms with Crippen molar-refractivity contribution in [2.75, 3.05) is 5.73 Å². The summed E-state index contributed by atoms with van der Waals surface area (Å²) in [5.41, 5.74) is -0.608. The first kappa shape index (κ1) is 12.3. The van der Waals surface area contributed by atoms with Crippen molar-refractivity contribution >= 4 is 31.5 Å². The van der Waals surface area contributed by atoms with Crippen molar-refractivity contribution in [2.45, 2.75) is 10.4 Å². The SMILES string of the molecule is Nc1ccc(Br)cc1S(=O)(=O)C(F)(F)F. The minimum Gasteiger partial charge on any atom is -0.398 e. The zero-order valence-electron chi connectivity index (χ0n) is 7.05. The molecule has 0 saturated carbocycles. The second kappa shape index (κ2) is 3.67. The Hall–Kier alpha value is -0.760. The fourth-order valence-corrected chi connectivity index (χ4v) is 2.29. The molecule has 0 aliphatic carbocycles. The third-order valence-electron chi connectivity index (χ3n) is 1.57. The fourth-order valence-electron chi connectivity index (χ4n) is 0.866. The molecule has 2 N–H and O–H groups in total. The van der Waals surface area contributed by atoms with Gasteiger partial charge in [-0.1, -0.05) is 15.9 Å². The van der Waals surface area contributed by atoms with Crippen LogP contribution in [0.3, 0.4) is 0 Å². The Morgan fingerprint density at radius 3 is 2.27 bits per heavy atom. The van der Waals surface area contributed by atoms with Gasteiger partial charge in [0.1, 0.15) is 4.90 Å². The molecule has 0 radical (unpaired) electrons. The van der Waals surface area contributed by atoms with E-state index in [1.54, 1.807) is 0 Å². The van der Waals surface area contributed by atoms with Gasteiger partial charge in [0.2, 0.25) is 0 Å². The number of halogens is 4. The van der Waals surface area contributed by atoms with E-state index in [0.717, 1.165) is 12.1 Å². The molecule has 0 aliphatic heterocycles. The normalized spacial score (nSPS) is 12.8. The van der Waals surface area contributed by atoms with Crippen LogP contribution in [0.25, 0.3) is 0 Å². The lowest BCUT2D eigenvalue weighted by Gasteiger charge is -2.10. The van der Waals surface area contributed by atoms with E-state index < -0.39 is 25.9 Å². The maximum Gasteiger partial charge on any atom is 0.501 e. The van der Waals surface area contributed by atoms with E-state index in [1.807, 2.05) is 0 Å². The quantitative estimate of drug-likeness (QED) is 0.810. The van der Waals surface area contributed by atoms with Gasteiger partial charge in [-0.2, -0.15) is 13.2 Å². The number of hydrogen-bond acceptors (Lipinski definition) is 3. The lowest BCUT2D eigenvalue weighted by Crippen LogP contribution is -2.24. The van der Waals surface area contributed by atoms with Gasteiger partial charge in [0.15, 0.2) is 0 Å². The molecule has 0 amide bonds. The van der Waals surface area contributed by atoms with Crippen molar-refractivity contribution < 1.29 is 21.6 Å². The molecule has 0 heterocycles. The van der Waals surface area contributed by atoms with E-state index in [-0.39, 0.29) is 4.47 Å². The van der Waals surface area contributed by atoms with Crippen LogP contribution in [0.15, 0.2) is 27.6 Å². The summed E-state index contributed by atoms with van der Waals surface area (Å²) >= 11 is 2.87. The highest BCUT2D eigenvalue weighted by Crippen LogP contribution is 2.34. The van der Waals surface area contributed by atoms with E-state index in [1.165, 1.54) is 6.07 Å². The molecule has 84 valence electrons. The van der Waals surface area contributed by atoms with Gasteiger partial charge in [0, 0.05) is 4.47 Å². The molecule has 0 fully saturated rings. The molecule has 1 rings (SSSR count). The van der Waals surface area contributed by atoms with Crippen molar-refractivity contribution in [3.8, 4) is 0 Å². The minimum atomic E-state index is -5.38. The molecule has 8 heteroatoms. The van der Waals surface area contributed by atoms with Crippen LogP contribution in [0.4, 0.5) is 18.9 Å². The standard InChI is InChI=1S/C7H5BrF3NO2S/c8-4-1-2-5(12)6(3-4)15(13,14)7(9,10)11/h1-3H,12H2. The van der Waals surface area contributed by atoms with Crippen molar-refractivity contribution in [3.63, 3.8) is 0 Å². The Morgan fingerprint density at radius 1 is 1.27 bits per heavy atom. The summed E-state index contributed by atoms with van der Waals surface area (Å²) in [7, 11) is -5.38. The van der Waals surface area contributed by atoms with Gasteiger partial charge < -0.3 is 5.73 Å². The van der Waals surface area contributed by atoms with Crippen LogP contribution < -0.4 is 5.73 Å². The van der Waals surface area contributed by atoms with Crippen molar-refractivity contribution in [3.05, 3.63) is 22.7 Å². The molecule has 15 heavy (non-hydrogen) atoms. The number of anilines is 1. The predicted octanol–water partition coefficient (Wildman–Crippen LogP) is 2.32. The van der Waals surface area contributed by atoms with Gasteiger partial charge in [-0.05, 0) is 18.2 Å². The lowest BCUT2D eigenvalue weighted by atomic mass is 10.3. The molecular formula is C7H5BrF3NO2S. The van der Waals surface area contributed by atoms with Gasteiger partial charge in [-0.15, -0.1) is 0 Å². The number of rotatable bonds is 1. The first-order valence-electron chi connectivity index (χ1n) is 3.52. The highest BCUT2D eigenvalue weighted by Gasteiger charge is 2.47. The molecule has 0 aromatic heterocycles. The Kier molecular flexibility index (Phi) is 3.01. The van der Waals surface area contributed by atoms with Crippen LogP contribution in [0.2, 0.25) is 0 Å². The number of benzene rings is 1. The zero-order chi connectivity index (χ0) is 11.9. The largest absolute Gasteiger partial charge is 0.501 e. The number of sulfone groups is 1. The first-order valence-corrected chi connectivity index (χ1v) is 5.80. The summed E-state index contributed by atoms with van der Waals surface area (Å²) in [4.78, 5) is -0.940. The Bertz CT molecular complexity index is 483. The van der Waals surface area contributed by atoms with E-state index in [4.69, 9.17) is 5.73 Å². The lowest BCUT2D eigenvalue weighted by molar-refractivity contribution is -0.0435. The fraction of sp³-hybridized carbons (Fsp3) is 0.143. The highest BCUT2D eigenvalue weighted by atomic mass is 79.9. The number of hydrogen-bond donors (Lipinski definition) is 1. The molecule has 0 spiro atoms. The van der Waals surface area contributed by atoms with Crippen LogP contribution in [-0.4, -0.2) is 13.9 Å². The van der Waals surface area contributed by atoms with Crippen LogP contribution in [0.5, 0.6) is 0 Å². The van der Waals surface area contributed by atoms with Gasteiger partial charge in [0.05, 0.1) is 5.69 Å². The van der Waals surface area contributed by atoms with E-state index in [2.05, 4.69) is 15.9 Å². The topological polar surface area (TPSA) is 60.2 Å². The smallest absolute Gasteiger partial charge is 0.398 e. The second-order valence-electron chi connectivity index (χ2n) is 2.63. The van der Waals surface area contributed by atoms with E-state index >= 15 is 0 Å². The average molecular weight is 304 g/mol. The monoisotopic (exact) mass is 303 g/mol. The summed E-state index contributed by atoms with van der Waals surface area (Å²) in [6.07, 6.45) is 0. The molecular weight excluding hydrogens is 299 g/mol. The molecule has 0 saturated heterocycles. The maximum atomic E-state index is 12.2. The van der Waals surface area contributed by atoms with Crippen molar-refractivity contribution in [2.24, 2.45) is 0 Å². The molecule has 0 bridgehead atoms. The summed E-state index contributed by atoms with van der Waals surface area (Å²) in [5, 5.41) is 0. The van der Waals surface area contributed by atoms with Crippen LogP contribution in [0, 0.1) is 0 Å². The second-order valence-corrected chi connectivity index (χ2v) is 5.46. The summed E-state index contributed by atoms with van der Waals surface area (Å²) in [6, 6.07) is 3.26. The van der Waals surface area contributed by atoms with Gasteiger partial charge >= 0.3 is 5.51 Å². The van der Waals surface area contributed by atoms with Crippen LogP contribution in [-0.2, 0) is 9.84 Å². The van der Waals surface area contributed by atoms with Crippen molar-refractivity contribution in [1.29, 1.82) is 0 Å². The maximum absolute atomic E-state index is 12.2. The van der Waals surface area contributed by atoms with Gasteiger partial charge in [-0.25, -0.2) is 8.42 Å². The summed E-state index contributed by atoms with van der Waals surface area (Å²) < 4.78 is 58.7. The Balaban J connectivity index is 3.47. The molecule has 0 unspecified atom stereocenters. The van der Waals surface area contributed by atoms with Gasteiger partial charge in [0.25, 0.3) is 9.84 Å². The Labute approximate surface area is 92.1 Å². The average Bonchev–Trinajstić information content (AvgIpc) is 2.07. The van der Waals surface area contributed by atoms with E-state index in [9.17, 15) is 21.6 Å². The van der Waals surface area contributed by atoms with E-state index in [0.29, 0.717) is 0 Å². The van der Waals surface area contributed by atoms with Crippen molar-refractivity contribution in [1.82, 2.24) is 0 Å². The third kappa shape index (κ3) is 2.25. The van der Waals surface area contributed by atoms with Crippen LogP contribution >= 0.6 is 15.9 Å². The number of alkyl halides is 3. The molecule has 1 aromatic rings. The predicted molar refractivity (Wildman–Crippen MR) is 51.8 cm³/mol. The molecule has 3 nitrogen and oxygen atoms in total. The Morgan fingerprint density at radius 2 is 1.80 bits per heavy atom. The highest BCUT2D eigenvalue weighted by molar-refractivity contribution is 9.10. The molecule has 1 aromatic carbocycles. The minimum absolute atomic E-state index is 0.208. The molecule has 0 aliphatic rings. The number of nitrogens with two attached hydrogens (primary N) is 1. The summed E-state index contributed by atoms with van der Waals surface area (Å²) in [5.74, 6) is 0. The first-order chi connectivity index (χ1) is 6.66. The van der Waals surface area contributed by atoms with Crippen LogP contribution in [0.1, 0.15) is 0 Å². The third-order valence-corrected chi connectivity index (χ3v) is 3.61.